The first-order valence-electron chi connectivity index (χ1n) is 8.98. The number of hydrogen-bond donors (Lipinski definition) is 2. The van der Waals surface area contributed by atoms with Gasteiger partial charge in [0.05, 0.1) is 23.9 Å². The molecule has 0 aliphatic rings. The van der Waals surface area contributed by atoms with Gasteiger partial charge >= 0.3 is 11.9 Å². The normalized spacial score (nSPS) is 10.3. The molecule has 0 unspecified atom stereocenters. The molecule has 2 N–H and O–H groups in total. The van der Waals surface area contributed by atoms with E-state index < -0.39 is 30.4 Å². The molecule has 0 aliphatic heterocycles. The number of anilines is 2. The van der Waals surface area contributed by atoms with E-state index in [1.54, 1.807) is 37.3 Å². The molecule has 0 saturated carbocycles. The Hall–Kier alpha value is -3.92. The number of carbonyl (C=O) groups excluding carboxylic acids is 4. The molecule has 2 aromatic heterocycles. The molecule has 0 bridgehead atoms. The van der Waals surface area contributed by atoms with Crippen LogP contribution in [-0.4, -0.2) is 37.5 Å². The zero-order valence-corrected chi connectivity index (χ0v) is 17.4. The fourth-order valence-electron chi connectivity index (χ4n) is 2.56. The lowest BCUT2D eigenvalue weighted by Crippen LogP contribution is -2.21. The van der Waals surface area contributed by atoms with Crippen LogP contribution < -0.4 is 10.6 Å². The average Bonchev–Trinajstić information content (AvgIpc) is 3.41. The van der Waals surface area contributed by atoms with Gasteiger partial charge in [0.15, 0.2) is 12.4 Å². The third-order valence-electron chi connectivity index (χ3n) is 3.99. The number of aryl methyl sites for hydroxylation is 1. The van der Waals surface area contributed by atoms with Crippen LogP contribution in [0.2, 0.25) is 0 Å². The lowest BCUT2D eigenvalue weighted by atomic mass is 10.2. The maximum Gasteiger partial charge on any atom is 0.349 e. The van der Waals surface area contributed by atoms with Gasteiger partial charge in [0.25, 0.3) is 11.8 Å². The largest absolute Gasteiger partial charge is 0.465 e. The molecule has 3 rings (SSSR count). The van der Waals surface area contributed by atoms with Crippen molar-refractivity contribution >= 4 is 45.8 Å². The van der Waals surface area contributed by atoms with Gasteiger partial charge in [-0.15, -0.1) is 11.3 Å². The lowest BCUT2D eigenvalue weighted by molar-refractivity contribution is -0.119. The van der Waals surface area contributed by atoms with E-state index in [2.05, 4.69) is 15.4 Å². The monoisotopic (exact) mass is 442 g/mol. The molecule has 1 aromatic carbocycles. The molecule has 160 valence electrons. The number of furan rings is 1. The highest BCUT2D eigenvalue weighted by Crippen LogP contribution is 2.28. The number of nitrogens with one attached hydrogen (secondary N) is 2. The third kappa shape index (κ3) is 5.58. The van der Waals surface area contributed by atoms with E-state index in [1.165, 1.54) is 25.5 Å². The number of methoxy groups -OCH3 is 1. The van der Waals surface area contributed by atoms with E-state index in [1.807, 2.05) is 0 Å². The second-order valence-electron chi connectivity index (χ2n) is 6.25. The Morgan fingerprint density at radius 1 is 1.03 bits per heavy atom. The minimum absolute atomic E-state index is 0.142. The molecular weight excluding hydrogens is 424 g/mol. The third-order valence-corrected chi connectivity index (χ3v) is 5.12. The second-order valence-corrected chi connectivity index (χ2v) is 7.30. The van der Waals surface area contributed by atoms with Gasteiger partial charge in [-0.25, -0.2) is 9.59 Å². The summed E-state index contributed by atoms with van der Waals surface area (Å²) in [6, 6.07) is 10.9. The van der Waals surface area contributed by atoms with Gasteiger partial charge in [-0.1, -0.05) is 6.07 Å². The molecule has 0 spiro atoms. The zero-order valence-electron chi connectivity index (χ0n) is 16.6. The van der Waals surface area contributed by atoms with Crippen molar-refractivity contribution < 1.29 is 33.1 Å². The van der Waals surface area contributed by atoms with Crippen LogP contribution in [0.15, 0.2) is 53.1 Å². The predicted molar refractivity (Wildman–Crippen MR) is 112 cm³/mol. The summed E-state index contributed by atoms with van der Waals surface area (Å²) in [5.41, 5.74) is 1.23. The fraction of sp³-hybridized carbons (Fsp3) is 0.143. The Labute approximate surface area is 181 Å². The molecule has 0 aliphatic carbocycles. The highest BCUT2D eigenvalue weighted by Gasteiger charge is 2.19. The Kier molecular flexibility index (Phi) is 6.83. The van der Waals surface area contributed by atoms with Crippen LogP contribution in [0.4, 0.5) is 10.7 Å². The van der Waals surface area contributed by atoms with Gasteiger partial charge in [0, 0.05) is 5.69 Å². The molecule has 0 atom stereocenters. The van der Waals surface area contributed by atoms with E-state index in [9.17, 15) is 19.2 Å². The van der Waals surface area contributed by atoms with E-state index in [0.717, 1.165) is 11.3 Å². The first-order chi connectivity index (χ1) is 14.9. The zero-order chi connectivity index (χ0) is 22.4. The summed E-state index contributed by atoms with van der Waals surface area (Å²) in [5, 5.41) is 5.62. The summed E-state index contributed by atoms with van der Waals surface area (Å²) in [6.45, 7) is 1.17. The molecule has 2 heterocycles. The van der Waals surface area contributed by atoms with Crippen LogP contribution in [0.5, 0.6) is 0 Å². The summed E-state index contributed by atoms with van der Waals surface area (Å²) >= 11 is 1.03. The van der Waals surface area contributed by atoms with Crippen molar-refractivity contribution in [3.05, 3.63) is 70.5 Å². The SMILES string of the molecule is COC(=O)c1cccc(NC(=O)COC(=O)c2sc(NC(=O)c3ccco3)cc2C)c1. The van der Waals surface area contributed by atoms with Gasteiger partial charge in [-0.2, -0.15) is 0 Å². The molecule has 31 heavy (non-hydrogen) atoms. The topological polar surface area (TPSA) is 124 Å². The Bertz CT molecular complexity index is 1120. The maximum absolute atomic E-state index is 12.3. The number of benzene rings is 1. The summed E-state index contributed by atoms with van der Waals surface area (Å²) in [5.74, 6) is -2.11. The van der Waals surface area contributed by atoms with Crippen molar-refractivity contribution in [1.82, 2.24) is 0 Å². The quantitative estimate of drug-likeness (QED) is 0.537. The number of esters is 2. The van der Waals surface area contributed by atoms with E-state index in [4.69, 9.17) is 9.15 Å². The predicted octanol–water partition coefficient (Wildman–Crippen LogP) is 3.48. The number of thiophene rings is 1. The minimum Gasteiger partial charge on any atom is -0.465 e. The molecule has 10 heteroatoms. The highest BCUT2D eigenvalue weighted by atomic mass is 32.1. The van der Waals surface area contributed by atoms with Crippen molar-refractivity contribution in [1.29, 1.82) is 0 Å². The fourth-order valence-corrected chi connectivity index (χ4v) is 3.52. The first kappa shape index (κ1) is 21.8. The highest BCUT2D eigenvalue weighted by molar-refractivity contribution is 7.18. The van der Waals surface area contributed by atoms with Crippen molar-refractivity contribution in [3.8, 4) is 0 Å². The van der Waals surface area contributed by atoms with Gasteiger partial charge in [0.2, 0.25) is 0 Å². The molecule has 9 nitrogen and oxygen atoms in total. The Morgan fingerprint density at radius 2 is 1.84 bits per heavy atom. The number of ether oxygens (including phenoxy) is 2. The van der Waals surface area contributed by atoms with E-state index in [-0.39, 0.29) is 16.2 Å². The van der Waals surface area contributed by atoms with E-state index in [0.29, 0.717) is 16.3 Å². The van der Waals surface area contributed by atoms with Crippen LogP contribution in [0.25, 0.3) is 0 Å². The van der Waals surface area contributed by atoms with Gasteiger partial charge in [-0.05, 0) is 48.9 Å². The minimum atomic E-state index is -0.695. The molecule has 0 fully saturated rings. The maximum atomic E-state index is 12.3. The smallest absolute Gasteiger partial charge is 0.349 e. The van der Waals surface area contributed by atoms with Crippen molar-refractivity contribution in [2.75, 3.05) is 24.4 Å². The van der Waals surface area contributed by atoms with Crippen LogP contribution in [0.3, 0.4) is 0 Å². The number of rotatable bonds is 7. The summed E-state index contributed by atoms with van der Waals surface area (Å²) < 4.78 is 14.7. The molecule has 2 amide bonds. The lowest BCUT2D eigenvalue weighted by Gasteiger charge is -2.07. The summed E-state index contributed by atoms with van der Waals surface area (Å²) in [4.78, 5) is 48.3. The molecule has 0 saturated heterocycles. The Morgan fingerprint density at radius 3 is 2.55 bits per heavy atom. The molecule has 0 radical (unpaired) electrons. The van der Waals surface area contributed by atoms with Crippen LogP contribution in [-0.2, 0) is 14.3 Å². The van der Waals surface area contributed by atoms with Crippen molar-refractivity contribution in [2.45, 2.75) is 6.92 Å². The van der Waals surface area contributed by atoms with E-state index >= 15 is 0 Å². The van der Waals surface area contributed by atoms with Crippen LogP contribution in [0, 0.1) is 6.92 Å². The molecular formula is C21H18N2O7S. The van der Waals surface area contributed by atoms with Gasteiger partial charge in [0.1, 0.15) is 4.88 Å². The average molecular weight is 442 g/mol. The van der Waals surface area contributed by atoms with Crippen molar-refractivity contribution in [2.24, 2.45) is 0 Å². The number of carbonyl (C=O) groups is 4. The first-order valence-corrected chi connectivity index (χ1v) is 9.79. The number of amides is 2. The van der Waals surface area contributed by atoms with Gasteiger partial charge in [-0.3, -0.25) is 9.59 Å². The molecule has 3 aromatic rings. The standard InChI is InChI=1S/C21H18N2O7S/c1-12-9-17(23-19(25)15-7-4-8-29-15)31-18(12)21(27)30-11-16(24)22-14-6-3-5-13(10-14)20(26)28-2/h3-10H,11H2,1-2H3,(H,22,24)(H,23,25). The van der Waals surface area contributed by atoms with Gasteiger partial charge < -0.3 is 24.5 Å². The number of hydrogen-bond acceptors (Lipinski definition) is 8. The second kappa shape index (κ2) is 9.72. The summed E-state index contributed by atoms with van der Waals surface area (Å²) in [7, 11) is 1.26. The van der Waals surface area contributed by atoms with Crippen LogP contribution >= 0.6 is 11.3 Å². The van der Waals surface area contributed by atoms with Crippen LogP contribution in [0.1, 0.15) is 36.1 Å². The summed E-state index contributed by atoms with van der Waals surface area (Å²) in [6.07, 6.45) is 1.38. The van der Waals surface area contributed by atoms with Crippen molar-refractivity contribution in [3.63, 3.8) is 0 Å². The Balaban J connectivity index is 1.56.